The molecule has 0 aliphatic heterocycles. The smallest absolute Gasteiger partial charge is 0.255 e. The summed E-state index contributed by atoms with van der Waals surface area (Å²) in [7, 11) is 0. The Morgan fingerprint density at radius 2 is 2.04 bits per heavy atom. The van der Waals surface area contributed by atoms with Gasteiger partial charge in [-0.3, -0.25) is 0 Å². The maximum Gasteiger partial charge on any atom is 0.255 e. The summed E-state index contributed by atoms with van der Waals surface area (Å²) in [5.41, 5.74) is 6.02. The average Bonchev–Trinajstić information content (AvgIpc) is 3.15. The Labute approximate surface area is 145 Å². The van der Waals surface area contributed by atoms with Gasteiger partial charge in [-0.05, 0) is 38.0 Å². The van der Waals surface area contributed by atoms with E-state index in [4.69, 9.17) is 15.0 Å². The van der Waals surface area contributed by atoms with E-state index in [1.807, 2.05) is 0 Å². The lowest BCUT2D eigenvalue weighted by molar-refractivity contribution is -0.0547. The summed E-state index contributed by atoms with van der Waals surface area (Å²) < 4.78 is 11.8. The molecule has 0 saturated heterocycles. The highest BCUT2D eigenvalue weighted by Crippen LogP contribution is 2.36. The second-order valence-electron chi connectivity index (χ2n) is 7.25. The molecular weight excluding hydrogens is 314 g/mol. The number of nitrogens with zero attached hydrogens (tertiary/aromatic N) is 2. The van der Waals surface area contributed by atoms with Crippen LogP contribution in [0.15, 0.2) is 4.52 Å². The highest BCUT2D eigenvalue weighted by atomic mass is 35.5. The van der Waals surface area contributed by atoms with Crippen LogP contribution < -0.4 is 5.73 Å². The molecule has 0 amide bonds. The first-order chi connectivity index (χ1) is 10.6. The van der Waals surface area contributed by atoms with Gasteiger partial charge in [-0.2, -0.15) is 4.98 Å². The average molecular weight is 344 g/mol. The zero-order valence-electron chi connectivity index (χ0n) is 14.3. The van der Waals surface area contributed by atoms with E-state index >= 15 is 0 Å². The Morgan fingerprint density at radius 1 is 1.30 bits per heavy atom. The molecule has 1 aromatic rings. The van der Waals surface area contributed by atoms with E-state index in [0.717, 1.165) is 50.9 Å². The molecule has 3 unspecified atom stereocenters. The molecule has 132 valence electrons. The second-order valence-corrected chi connectivity index (χ2v) is 7.25. The second kappa shape index (κ2) is 7.95. The van der Waals surface area contributed by atoms with E-state index in [2.05, 4.69) is 24.0 Å². The van der Waals surface area contributed by atoms with Crippen LogP contribution in [0.1, 0.15) is 89.5 Å². The molecule has 5 nitrogen and oxygen atoms in total. The Kier molecular flexibility index (Phi) is 6.46. The lowest BCUT2D eigenvalue weighted by atomic mass is 9.88. The molecule has 0 spiro atoms. The number of hydrogen-bond acceptors (Lipinski definition) is 5. The minimum absolute atomic E-state index is 0. The first-order valence-corrected chi connectivity index (χ1v) is 8.89. The molecule has 1 heterocycles. The molecule has 2 N–H and O–H groups in total. The molecule has 3 rings (SSSR count). The fraction of sp³-hybridized carbons (Fsp3) is 0.882. The molecule has 23 heavy (non-hydrogen) atoms. The number of rotatable bonds is 5. The van der Waals surface area contributed by atoms with Crippen LogP contribution in [0.4, 0.5) is 0 Å². The van der Waals surface area contributed by atoms with Gasteiger partial charge in [0.15, 0.2) is 5.82 Å². The third kappa shape index (κ3) is 4.25. The van der Waals surface area contributed by atoms with Gasteiger partial charge in [-0.1, -0.05) is 44.7 Å². The molecule has 2 saturated carbocycles. The summed E-state index contributed by atoms with van der Waals surface area (Å²) in [6.07, 6.45) is 10.1. The summed E-state index contributed by atoms with van der Waals surface area (Å²) >= 11 is 0. The van der Waals surface area contributed by atoms with Gasteiger partial charge in [0.25, 0.3) is 5.89 Å². The normalized spacial score (nSPS) is 28.3. The van der Waals surface area contributed by atoms with Crippen molar-refractivity contribution in [1.29, 1.82) is 0 Å². The Bertz CT molecular complexity index is 488. The summed E-state index contributed by atoms with van der Waals surface area (Å²) in [4.78, 5) is 4.59. The van der Waals surface area contributed by atoms with Crippen LogP contribution in [0.25, 0.3) is 0 Å². The highest BCUT2D eigenvalue weighted by molar-refractivity contribution is 5.85. The van der Waals surface area contributed by atoms with Gasteiger partial charge >= 0.3 is 0 Å². The molecule has 2 aliphatic carbocycles. The Hall–Kier alpha value is -0.650. The van der Waals surface area contributed by atoms with Crippen LogP contribution in [0.2, 0.25) is 0 Å². The van der Waals surface area contributed by atoms with E-state index in [1.54, 1.807) is 0 Å². The first kappa shape index (κ1) is 18.7. The molecule has 0 aromatic carbocycles. The van der Waals surface area contributed by atoms with E-state index in [9.17, 15) is 0 Å². The van der Waals surface area contributed by atoms with Crippen LogP contribution in [0, 0.1) is 5.92 Å². The number of halogens is 1. The van der Waals surface area contributed by atoms with Gasteiger partial charge in [-0.25, -0.2) is 0 Å². The minimum Gasteiger partial charge on any atom is -0.365 e. The van der Waals surface area contributed by atoms with E-state index in [0.29, 0.717) is 17.8 Å². The quantitative estimate of drug-likeness (QED) is 0.864. The van der Waals surface area contributed by atoms with Crippen molar-refractivity contribution in [2.75, 3.05) is 0 Å². The Morgan fingerprint density at radius 3 is 2.70 bits per heavy atom. The summed E-state index contributed by atoms with van der Waals surface area (Å²) in [6, 6.07) is 0. The topological polar surface area (TPSA) is 74.2 Å². The minimum atomic E-state index is -0.389. The van der Waals surface area contributed by atoms with Crippen LogP contribution >= 0.6 is 12.4 Å². The first-order valence-electron chi connectivity index (χ1n) is 8.89. The van der Waals surface area contributed by atoms with E-state index < -0.39 is 0 Å². The molecule has 0 radical (unpaired) electrons. The Balaban J connectivity index is 0.00000192. The lowest BCUT2D eigenvalue weighted by Crippen LogP contribution is -2.34. The maximum absolute atomic E-state index is 6.41. The van der Waals surface area contributed by atoms with Crippen molar-refractivity contribution in [3.8, 4) is 0 Å². The monoisotopic (exact) mass is 343 g/mol. The van der Waals surface area contributed by atoms with Gasteiger partial charge < -0.3 is 15.0 Å². The van der Waals surface area contributed by atoms with Crippen LogP contribution in [-0.2, 0) is 10.3 Å². The zero-order valence-corrected chi connectivity index (χ0v) is 15.1. The predicted octanol–water partition coefficient (Wildman–Crippen LogP) is 4.27. The zero-order chi connectivity index (χ0) is 15.6. The number of hydrogen-bond donors (Lipinski definition) is 1. The molecular formula is C17H30ClN3O2. The SMILES string of the molecule is CCC(OC1CCCC(C)C1)c1nc(C2(N)CCCC2)no1.Cl. The summed E-state index contributed by atoms with van der Waals surface area (Å²) in [6.45, 7) is 4.41. The number of nitrogens with two attached hydrogens (primary N) is 1. The maximum atomic E-state index is 6.41. The molecule has 3 atom stereocenters. The number of ether oxygens (including phenoxy) is 1. The van der Waals surface area contributed by atoms with E-state index in [1.165, 1.54) is 12.8 Å². The van der Waals surface area contributed by atoms with Crippen LogP contribution in [-0.4, -0.2) is 16.2 Å². The van der Waals surface area contributed by atoms with Gasteiger partial charge in [-0.15, -0.1) is 12.4 Å². The van der Waals surface area contributed by atoms with Crippen molar-refractivity contribution in [2.24, 2.45) is 11.7 Å². The summed E-state index contributed by atoms with van der Waals surface area (Å²) in [5, 5.41) is 4.16. The van der Waals surface area contributed by atoms with Crippen molar-refractivity contribution < 1.29 is 9.26 Å². The van der Waals surface area contributed by atoms with Gasteiger partial charge in [0.2, 0.25) is 0 Å². The fourth-order valence-electron chi connectivity index (χ4n) is 3.86. The van der Waals surface area contributed by atoms with E-state index in [-0.39, 0.29) is 24.0 Å². The predicted molar refractivity (Wildman–Crippen MR) is 91.4 cm³/mol. The third-order valence-corrected chi connectivity index (χ3v) is 5.27. The standard InChI is InChI=1S/C17H29N3O2.ClH/c1-3-14(21-13-8-6-7-12(2)11-13)15-19-16(20-22-15)17(18)9-4-5-10-17;/h12-14H,3-11,18H2,1-2H3;1H. The lowest BCUT2D eigenvalue weighted by Gasteiger charge is -2.29. The van der Waals surface area contributed by atoms with Crippen molar-refractivity contribution in [3.05, 3.63) is 11.7 Å². The molecule has 2 aliphatic rings. The van der Waals surface area contributed by atoms with Crippen LogP contribution in [0.5, 0.6) is 0 Å². The highest BCUT2D eigenvalue weighted by Gasteiger charge is 2.37. The number of aromatic nitrogens is 2. The van der Waals surface area contributed by atoms with Crippen molar-refractivity contribution >= 4 is 12.4 Å². The van der Waals surface area contributed by atoms with Crippen molar-refractivity contribution in [2.45, 2.75) is 89.4 Å². The summed E-state index contributed by atoms with van der Waals surface area (Å²) in [5.74, 6) is 2.02. The van der Waals surface area contributed by atoms with Crippen molar-refractivity contribution in [1.82, 2.24) is 10.1 Å². The van der Waals surface area contributed by atoms with Gasteiger partial charge in [0, 0.05) is 0 Å². The van der Waals surface area contributed by atoms with Crippen molar-refractivity contribution in [3.63, 3.8) is 0 Å². The molecule has 1 aromatic heterocycles. The molecule has 0 bridgehead atoms. The largest absolute Gasteiger partial charge is 0.365 e. The van der Waals surface area contributed by atoms with Crippen LogP contribution in [0.3, 0.4) is 0 Å². The fourth-order valence-corrected chi connectivity index (χ4v) is 3.86. The molecule has 6 heteroatoms. The third-order valence-electron chi connectivity index (χ3n) is 5.27. The van der Waals surface area contributed by atoms with Gasteiger partial charge in [0.1, 0.15) is 6.10 Å². The van der Waals surface area contributed by atoms with Gasteiger partial charge in [0.05, 0.1) is 11.6 Å². The molecule has 2 fully saturated rings.